The van der Waals surface area contributed by atoms with E-state index in [-0.39, 0.29) is 0 Å². The van der Waals surface area contributed by atoms with Crippen molar-refractivity contribution in [3.63, 3.8) is 0 Å². The van der Waals surface area contributed by atoms with E-state index >= 15 is 0 Å². The fraction of sp³-hybridized carbons (Fsp3) is 1.00. The standard InChI is InChI=1S/C10H19NS/c1-11-5-3-10(4-6-11)7-9(8-10)12-2/h9H,3-8H2,1-2H3. The molecule has 1 heterocycles. The molecule has 0 aromatic rings. The van der Waals surface area contributed by atoms with Crippen LogP contribution in [-0.2, 0) is 0 Å². The van der Waals surface area contributed by atoms with E-state index in [0.29, 0.717) is 0 Å². The summed E-state index contributed by atoms with van der Waals surface area (Å²) in [6.45, 7) is 2.67. The number of piperidine rings is 1. The largest absolute Gasteiger partial charge is 0.306 e. The number of nitrogens with zero attached hydrogens (tertiary/aromatic N) is 1. The number of thioether (sulfide) groups is 1. The van der Waals surface area contributed by atoms with Gasteiger partial charge in [-0.25, -0.2) is 0 Å². The van der Waals surface area contributed by atoms with Crippen LogP contribution in [0.15, 0.2) is 0 Å². The fourth-order valence-corrected chi connectivity index (χ4v) is 3.61. The van der Waals surface area contributed by atoms with Crippen molar-refractivity contribution in [1.82, 2.24) is 4.90 Å². The summed E-state index contributed by atoms with van der Waals surface area (Å²) in [4.78, 5) is 2.47. The molecule has 2 heteroatoms. The third kappa shape index (κ3) is 1.51. The summed E-state index contributed by atoms with van der Waals surface area (Å²) in [5.74, 6) is 0. The minimum absolute atomic E-state index is 0.792. The molecule has 0 bridgehead atoms. The summed E-state index contributed by atoms with van der Waals surface area (Å²) in [5.41, 5.74) is 0.792. The lowest BCUT2D eigenvalue weighted by atomic mass is 9.63. The average Bonchev–Trinajstić information content (AvgIpc) is 2.02. The molecule has 0 aromatic carbocycles. The van der Waals surface area contributed by atoms with Gasteiger partial charge < -0.3 is 4.90 Å². The average molecular weight is 185 g/mol. The highest BCUT2D eigenvalue weighted by atomic mass is 32.2. The Morgan fingerprint density at radius 1 is 1.25 bits per heavy atom. The van der Waals surface area contributed by atoms with E-state index in [1.54, 1.807) is 0 Å². The van der Waals surface area contributed by atoms with Gasteiger partial charge in [-0.05, 0) is 57.5 Å². The highest BCUT2D eigenvalue weighted by Crippen LogP contribution is 2.52. The monoisotopic (exact) mass is 185 g/mol. The Hall–Kier alpha value is 0.310. The molecule has 1 saturated carbocycles. The topological polar surface area (TPSA) is 3.24 Å². The predicted octanol–water partition coefficient (Wildman–Crippen LogP) is 2.22. The number of hydrogen-bond donors (Lipinski definition) is 0. The van der Waals surface area contributed by atoms with Gasteiger partial charge in [0.15, 0.2) is 0 Å². The Kier molecular flexibility index (Phi) is 2.39. The first-order chi connectivity index (χ1) is 5.74. The van der Waals surface area contributed by atoms with Crippen molar-refractivity contribution < 1.29 is 0 Å². The van der Waals surface area contributed by atoms with Crippen molar-refractivity contribution in [1.29, 1.82) is 0 Å². The van der Waals surface area contributed by atoms with Crippen molar-refractivity contribution in [2.24, 2.45) is 5.41 Å². The van der Waals surface area contributed by atoms with Crippen molar-refractivity contribution in [3.05, 3.63) is 0 Å². The molecule has 2 rings (SSSR count). The van der Waals surface area contributed by atoms with E-state index in [4.69, 9.17) is 0 Å². The lowest BCUT2D eigenvalue weighted by Gasteiger charge is -2.51. The second-order valence-corrected chi connectivity index (χ2v) is 5.71. The van der Waals surface area contributed by atoms with E-state index < -0.39 is 0 Å². The number of rotatable bonds is 1. The Morgan fingerprint density at radius 2 is 1.83 bits per heavy atom. The van der Waals surface area contributed by atoms with Gasteiger partial charge >= 0.3 is 0 Å². The van der Waals surface area contributed by atoms with E-state index in [1.807, 2.05) is 0 Å². The van der Waals surface area contributed by atoms with Gasteiger partial charge in [-0.1, -0.05) is 0 Å². The molecule has 1 aliphatic carbocycles. The van der Waals surface area contributed by atoms with Crippen LogP contribution < -0.4 is 0 Å². The van der Waals surface area contributed by atoms with Gasteiger partial charge in [0.1, 0.15) is 0 Å². The maximum Gasteiger partial charge on any atom is 0.00548 e. The maximum absolute atomic E-state index is 2.47. The molecule has 70 valence electrons. The zero-order chi connectivity index (χ0) is 8.60. The summed E-state index contributed by atoms with van der Waals surface area (Å²) in [6, 6.07) is 0. The molecule has 1 spiro atoms. The summed E-state index contributed by atoms with van der Waals surface area (Å²) in [5, 5.41) is 0.994. The van der Waals surface area contributed by atoms with Gasteiger partial charge in [-0.3, -0.25) is 0 Å². The molecule has 0 atom stereocenters. The molecule has 0 N–H and O–H groups in total. The Morgan fingerprint density at radius 3 is 2.33 bits per heavy atom. The first-order valence-electron chi connectivity index (χ1n) is 4.95. The summed E-state index contributed by atoms with van der Waals surface area (Å²) in [6.07, 6.45) is 8.18. The van der Waals surface area contributed by atoms with E-state index in [0.717, 1.165) is 10.7 Å². The van der Waals surface area contributed by atoms with Crippen LogP contribution in [0, 0.1) is 5.41 Å². The molecule has 12 heavy (non-hydrogen) atoms. The normalized spacial score (nSPS) is 30.5. The van der Waals surface area contributed by atoms with Crippen LogP contribution in [0.3, 0.4) is 0 Å². The highest BCUT2D eigenvalue weighted by Gasteiger charge is 2.44. The molecule has 1 saturated heterocycles. The molecular formula is C10H19NS. The van der Waals surface area contributed by atoms with Crippen LogP contribution in [0.2, 0.25) is 0 Å². The van der Waals surface area contributed by atoms with E-state index in [9.17, 15) is 0 Å². The van der Waals surface area contributed by atoms with Crippen LogP contribution in [0.4, 0.5) is 0 Å². The third-order valence-electron chi connectivity index (χ3n) is 3.70. The molecule has 2 aliphatic rings. The summed E-state index contributed by atoms with van der Waals surface area (Å²) in [7, 11) is 2.25. The van der Waals surface area contributed by atoms with E-state index in [1.165, 1.54) is 38.8 Å². The Bertz CT molecular complexity index is 146. The molecule has 0 unspecified atom stereocenters. The quantitative estimate of drug-likeness (QED) is 0.616. The van der Waals surface area contributed by atoms with Crippen LogP contribution in [0.5, 0.6) is 0 Å². The van der Waals surface area contributed by atoms with Gasteiger partial charge in [-0.2, -0.15) is 11.8 Å². The van der Waals surface area contributed by atoms with Gasteiger partial charge in [0, 0.05) is 5.25 Å². The van der Waals surface area contributed by atoms with Crippen LogP contribution in [-0.4, -0.2) is 36.5 Å². The van der Waals surface area contributed by atoms with E-state index in [2.05, 4.69) is 30.0 Å². The highest BCUT2D eigenvalue weighted by molar-refractivity contribution is 7.99. The molecule has 1 nitrogen and oxygen atoms in total. The van der Waals surface area contributed by atoms with Crippen molar-refractivity contribution in [2.75, 3.05) is 26.4 Å². The van der Waals surface area contributed by atoms with Crippen molar-refractivity contribution in [2.45, 2.75) is 30.9 Å². The first kappa shape index (κ1) is 8.89. The fourth-order valence-electron chi connectivity index (χ4n) is 2.57. The molecule has 0 amide bonds. The van der Waals surface area contributed by atoms with Gasteiger partial charge in [0.05, 0.1) is 0 Å². The lowest BCUT2D eigenvalue weighted by molar-refractivity contribution is 0.0492. The van der Waals surface area contributed by atoms with Gasteiger partial charge in [0.25, 0.3) is 0 Å². The van der Waals surface area contributed by atoms with Gasteiger partial charge in [-0.15, -0.1) is 0 Å². The van der Waals surface area contributed by atoms with Crippen LogP contribution in [0.1, 0.15) is 25.7 Å². The minimum atomic E-state index is 0.792. The second kappa shape index (κ2) is 3.22. The molecule has 0 aromatic heterocycles. The number of likely N-dealkylation sites (tertiary alicyclic amines) is 1. The third-order valence-corrected chi connectivity index (χ3v) is 4.70. The maximum atomic E-state index is 2.47. The predicted molar refractivity (Wildman–Crippen MR) is 55.7 cm³/mol. The minimum Gasteiger partial charge on any atom is -0.306 e. The molecule has 2 fully saturated rings. The van der Waals surface area contributed by atoms with Crippen LogP contribution >= 0.6 is 11.8 Å². The van der Waals surface area contributed by atoms with Crippen LogP contribution in [0.25, 0.3) is 0 Å². The van der Waals surface area contributed by atoms with Gasteiger partial charge in [0.2, 0.25) is 0 Å². The summed E-state index contributed by atoms with van der Waals surface area (Å²) < 4.78 is 0. The van der Waals surface area contributed by atoms with Crippen molar-refractivity contribution in [3.8, 4) is 0 Å². The zero-order valence-corrected chi connectivity index (χ0v) is 8.99. The van der Waals surface area contributed by atoms with Crippen molar-refractivity contribution >= 4 is 11.8 Å². The summed E-state index contributed by atoms with van der Waals surface area (Å²) >= 11 is 2.07. The lowest BCUT2D eigenvalue weighted by Crippen LogP contribution is -2.47. The smallest absolute Gasteiger partial charge is 0.00548 e. The zero-order valence-electron chi connectivity index (χ0n) is 8.18. The molecular weight excluding hydrogens is 166 g/mol. The molecule has 1 aliphatic heterocycles. The SMILES string of the molecule is CSC1CC2(CCN(C)CC2)C1. The number of hydrogen-bond acceptors (Lipinski definition) is 2. The Labute approximate surface area is 79.9 Å². The second-order valence-electron chi connectivity index (χ2n) is 4.57. The Balaban J connectivity index is 1.83. The first-order valence-corrected chi connectivity index (χ1v) is 6.24. The molecule has 0 radical (unpaired) electrons.